The number of carbonyl (C=O) groups is 1. The van der Waals surface area contributed by atoms with E-state index in [0.29, 0.717) is 19.6 Å². The molecule has 0 saturated carbocycles. The molecular weight excluding hydrogens is 471 g/mol. The Hall–Kier alpha value is -2.15. The van der Waals surface area contributed by atoms with Gasteiger partial charge in [0.05, 0.1) is 40.2 Å². The number of hydrogen-bond acceptors (Lipinski definition) is 3. The van der Waals surface area contributed by atoms with Crippen LogP contribution in [0.2, 0.25) is 0 Å². The number of fused-ring (bicyclic) bond motifs is 1. The van der Waals surface area contributed by atoms with Gasteiger partial charge >= 0.3 is 0 Å². The van der Waals surface area contributed by atoms with Gasteiger partial charge in [0.25, 0.3) is 0 Å². The first-order valence-corrected chi connectivity index (χ1v) is 11.5. The van der Waals surface area contributed by atoms with Crippen molar-refractivity contribution in [2.45, 2.75) is 31.9 Å². The molecule has 34 heavy (non-hydrogen) atoms. The summed E-state index contributed by atoms with van der Waals surface area (Å²) in [6.45, 7) is 4.34. The van der Waals surface area contributed by atoms with Gasteiger partial charge in [0.15, 0.2) is 5.78 Å². The standard InChI is InChI=1S/C27H34N2O3.2ClH/c1-20(27(31)21-10-5-4-6-11-21)28-17-16-25(30)23-14-15-26(32-19-9-18-29(2)3)24-13-8-7-12-22(23)24;;/h4-8,10-15,20,27-28,31H,9,16-19H2,1-3H3;2*1H. The molecule has 0 saturated heterocycles. The second-order valence-electron chi connectivity index (χ2n) is 8.73. The minimum atomic E-state index is -0.558. The summed E-state index contributed by atoms with van der Waals surface area (Å²) >= 11 is 0. The number of carbonyl (C=O) groups excluding carboxylic acids is 1. The van der Waals surface area contributed by atoms with Crippen molar-refractivity contribution in [3.8, 4) is 5.75 Å². The maximum atomic E-state index is 13.0. The second kappa shape index (κ2) is 15.0. The summed E-state index contributed by atoms with van der Waals surface area (Å²) in [7, 11) is 4.27. The van der Waals surface area contributed by atoms with Crippen LogP contribution in [-0.2, 0) is 0 Å². The van der Waals surface area contributed by atoms with Crippen LogP contribution in [0.1, 0.15) is 41.8 Å². The quantitative estimate of drug-likeness (QED) is 0.173. The molecule has 186 valence electrons. The SMILES string of the molecule is CC([NH2+]CCC(=O)c1ccc(OCCC[NH+](C)C)c2ccccc12)C(O)c1ccccc1.[Cl-].[Cl-]. The van der Waals surface area contributed by atoms with E-state index in [1.807, 2.05) is 79.0 Å². The van der Waals surface area contributed by atoms with E-state index in [9.17, 15) is 9.90 Å². The van der Waals surface area contributed by atoms with Crippen LogP contribution in [-0.4, -0.2) is 50.7 Å². The van der Waals surface area contributed by atoms with Gasteiger partial charge in [-0.05, 0) is 30.0 Å². The highest BCUT2D eigenvalue weighted by Gasteiger charge is 2.20. The third-order valence-corrected chi connectivity index (χ3v) is 5.81. The lowest BCUT2D eigenvalue weighted by atomic mass is 9.98. The Labute approximate surface area is 215 Å². The first-order chi connectivity index (χ1) is 15.5. The monoisotopic (exact) mass is 506 g/mol. The zero-order chi connectivity index (χ0) is 22.9. The van der Waals surface area contributed by atoms with Gasteiger partial charge in [0.2, 0.25) is 0 Å². The molecule has 0 radical (unpaired) electrons. The lowest BCUT2D eigenvalue weighted by Gasteiger charge is -2.18. The molecule has 0 aliphatic rings. The molecule has 0 fully saturated rings. The zero-order valence-corrected chi connectivity index (χ0v) is 21.6. The molecule has 2 atom stereocenters. The Morgan fingerprint density at radius 1 is 0.971 bits per heavy atom. The minimum absolute atomic E-state index is 0. The number of hydrogen-bond donors (Lipinski definition) is 3. The molecule has 3 aromatic carbocycles. The molecule has 3 rings (SSSR count). The molecule has 5 nitrogen and oxygen atoms in total. The van der Waals surface area contributed by atoms with E-state index in [4.69, 9.17) is 4.74 Å². The topological polar surface area (TPSA) is 67.6 Å². The molecule has 0 spiro atoms. The molecule has 0 aliphatic carbocycles. The molecule has 7 heteroatoms. The molecule has 4 N–H and O–H groups in total. The molecular formula is C27H36Cl2N2O3. The molecule has 0 aromatic heterocycles. The number of Topliss-reactive ketones (excluding diaryl/α,β-unsaturated/α-hetero) is 1. The highest BCUT2D eigenvalue weighted by molar-refractivity contribution is 6.09. The van der Waals surface area contributed by atoms with Crippen LogP contribution in [0.25, 0.3) is 10.8 Å². The first kappa shape index (κ1) is 29.9. The lowest BCUT2D eigenvalue weighted by molar-refractivity contribution is -0.858. The average molecular weight is 508 g/mol. The fraction of sp³-hybridized carbons (Fsp3) is 0.370. The number of benzene rings is 3. The summed E-state index contributed by atoms with van der Waals surface area (Å²) < 4.78 is 6.03. The smallest absolute Gasteiger partial charge is 0.169 e. The van der Waals surface area contributed by atoms with Crippen LogP contribution in [0, 0.1) is 0 Å². The Bertz CT molecular complexity index is 1020. The zero-order valence-electron chi connectivity index (χ0n) is 20.1. The van der Waals surface area contributed by atoms with Crippen molar-refractivity contribution in [1.82, 2.24) is 0 Å². The van der Waals surface area contributed by atoms with E-state index in [1.54, 1.807) is 0 Å². The molecule has 2 unspecified atom stereocenters. The van der Waals surface area contributed by atoms with Crippen molar-refractivity contribution in [3.63, 3.8) is 0 Å². The van der Waals surface area contributed by atoms with Crippen molar-refractivity contribution in [1.29, 1.82) is 0 Å². The number of nitrogens with one attached hydrogen (secondary N) is 1. The van der Waals surface area contributed by atoms with Gasteiger partial charge in [-0.15, -0.1) is 0 Å². The van der Waals surface area contributed by atoms with E-state index >= 15 is 0 Å². The van der Waals surface area contributed by atoms with E-state index in [-0.39, 0.29) is 36.6 Å². The number of rotatable bonds is 12. The largest absolute Gasteiger partial charge is 1.00 e. The van der Waals surface area contributed by atoms with Gasteiger partial charge in [-0.3, -0.25) is 4.79 Å². The van der Waals surface area contributed by atoms with E-state index in [0.717, 1.165) is 40.6 Å². The summed E-state index contributed by atoms with van der Waals surface area (Å²) in [6.07, 6.45) is 0.847. The van der Waals surface area contributed by atoms with Crippen LogP contribution in [0.3, 0.4) is 0 Å². The predicted molar refractivity (Wildman–Crippen MR) is 128 cm³/mol. The van der Waals surface area contributed by atoms with E-state index in [2.05, 4.69) is 14.1 Å². The van der Waals surface area contributed by atoms with Crippen LogP contribution in [0.5, 0.6) is 5.75 Å². The van der Waals surface area contributed by atoms with Gasteiger partial charge < -0.3 is 44.9 Å². The summed E-state index contributed by atoms with van der Waals surface area (Å²) in [5, 5.41) is 14.5. The van der Waals surface area contributed by atoms with Crippen molar-refractivity contribution in [2.75, 3.05) is 33.8 Å². The third kappa shape index (κ3) is 8.26. The minimum Gasteiger partial charge on any atom is -1.00 e. The summed E-state index contributed by atoms with van der Waals surface area (Å²) in [5.41, 5.74) is 1.63. The Kier molecular flexibility index (Phi) is 13.2. The van der Waals surface area contributed by atoms with Crippen molar-refractivity contribution >= 4 is 16.6 Å². The van der Waals surface area contributed by atoms with Crippen LogP contribution in [0.15, 0.2) is 66.7 Å². The van der Waals surface area contributed by atoms with Gasteiger partial charge in [-0.1, -0.05) is 54.6 Å². The number of aliphatic hydroxyl groups is 1. The predicted octanol–water partition coefficient (Wildman–Crippen LogP) is -3.98. The fourth-order valence-corrected chi connectivity index (χ4v) is 3.94. The van der Waals surface area contributed by atoms with Gasteiger partial charge in [0, 0.05) is 17.4 Å². The fourth-order valence-electron chi connectivity index (χ4n) is 3.94. The summed E-state index contributed by atoms with van der Waals surface area (Å²) in [4.78, 5) is 14.4. The van der Waals surface area contributed by atoms with Crippen LogP contribution in [0.4, 0.5) is 0 Å². The molecule has 0 bridgehead atoms. The van der Waals surface area contributed by atoms with Gasteiger partial charge in [-0.2, -0.15) is 0 Å². The Morgan fingerprint density at radius 3 is 2.29 bits per heavy atom. The second-order valence-corrected chi connectivity index (χ2v) is 8.73. The van der Waals surface area contributed by atoms with Crippen LogP contribution < -0.4 is 39.8 Å². The maximum Gasteiger partial charge on any atom is 0.169 e. The van der Waals surface area contributed by atoms with Crippen molar-refractivity contribution in [3.05, 3.63) is 77.9 Å². The molecule has 0 amide bonds. The number of ether oxygens (including phenoxy) is 1. The third-order valence-electron chi connectivity index (χ3n) is 5.81. The highest BCUT2D eigenvalue weighted by Crippen LogP contribution is 2.29. The Morgan fingerprint density at radius 2 is 1.62 bits per heavy atom. The number of ketones is 1. The molecule has 0 aliphatic heterocycles. The lowest BCUT2D eigenvalue weighted by Crippen LogP contribution is -3.05. The molecule has 3 aromatic rings. The maximum absolute atomic E-state index is 13.0. The molecule has 0 heterocycles. The summed E-state index contributed by atoms with van der Waals surface area (Å²) in [6, 6.07) is 21.4. The normalized spacial score (nSPS) is 12.5. The first-order valence-electron chi connectivity index (χ1n) is 11.5. The van der Waals surface area contributed by atoms with E-state index < -0.39 is 6.10 Å². The van der Waals surface area contributed by atoms with Crippen LogP contribution >= 0.6 is 0 Å². The van der Waals surface area contributed by atoms with Crippen molar-refractivity contribution < 1.29 is 49.7 Å². The van der Waals surface area contributed by atoms with E-state index in [1.165, 1.54) is 4.90 Å². The number of aliphatic hydroxyl groups excluding tert-OH is 1. The Balaban J connectivity index is 0.00000289. The highest BCUT2D eigenvalue weighted by atomic mass is 35.5. The number of halogens is 2. The van der Waals surface area contributed by atoms with Gasteiger partial charge in [0.1, 0.15) is 17.9 Å². The van der Waals surface area contributed by atoms with Crippen molar-refractivity contribution in [2.24, 2.45) is 0 Å². The van der Waals surface area contributed by atoms with Gasteiger partial charge in [-0.25, -0.2) is 0 Å². The summed E-state index contributed by atoms with van der Waals surface area (Å²) in [5.74, 6) is 0.943. The number of quaternary nitrogens is 2. The number of nitrogens with two attached hydrogens (primary N) is 1. The average Bonchev–Trinajstić information content (AvgIpc) is 2.81.